The number of carbonyl (C=O) groups is 1. The number of amides is 1. The van der Waals surface area contributed by atoms with E-state index in [9.17, 15) is 18.0 Å². The molecule has 9 nitrogen and oxygen atoms in total. The summed E-state index contributed by atoms with van der Waals surface area (Å²) in [5.74, 6) is -2.23. The van der Waals surface area contributed by atoms with Crippen LogP contribution in [0, 0.1) is 35.0 Å². The Balaban J connectivity index is 1.02. The van der Waals surface area contributed by atoms with Gasteiger partial charge in [-0.15, -0.1) is 0 Å². The largest absolute Gasteiger partial charge is 0.392 e. The average Bonchev–Trinajstić information content (AvgIpc) is 3.61. The molecule has 5 heterocycles. The lowest BCUT2D eigenvalue weighted by molar-refractivity contribution is -0.204. The number of hydrogen-bond acceptors (Lipinski definition) is 8. The van der Waals surface area contributed by atoms with Gasteiger partial charge in [0.05, 0.1) is 38.1 Å². The molecule has 7 fully saturated rings. The normalized spacial score (nSPS) is 44.7. The minimum absolute atomic E-state index is 0.0108. The van der Waals surface area contributed by atoms with Crippen molar-refractivity contribution < 1.29 is 27.4 Å². The number of fused-ring (bicyclic) bond motifs is 2. The van der Waals surface area contributed by atoms with Crippen molar-refractivity contribution in [2.24, 2.45) is 35.0 Å². The van der Waals surface area contributed by atoms with Crippen LogP contribution in [0.25, 0.3) is 0 Å². The quantitative estimate of drug-likeness (QED) is 0.430. The van der Waals surface area contributed by atoms with Gasteiger partial charge in [-0.25, -0.2) is 10.9 Å². The van der Waals surface area contributed by atoms with Gasteiger partial charge in [-0.3, -0.25) is 15.0 Å². The maximum Gasteiger partial charge on any atom is 0.392 e. The van der Waals surface area contributed by atoms with E-state index in [1.54, 1.807) is 0 Å². The van der Waals surface area contributed by atoms with Crippen LogP contribution in [-0.4, -0.2) is 110 Å². The molecule has 42 heavy (non-hydrogen) atoms. The number of hydrogen-bond donors (Lipinski definition) is 3. The van der Waals surface area contributed by atoms with E-state index in [1.165, 1.54) is 0 Å². The zero-order chi connectivity index (χ0) is 29.2. The molecule has 238 valence electrons. The third-order valence-electron chi connectivity index (χ3n) is 12.1. The Morgan fingerprint density at radius 2 is 1.93 bits per heavy atom. The summed E-state index contributed by atoms with van der Waals surface area (Å²) in [5.41, 5.74) is 6.66. The van der Waals surface area contributed by atoms with Crippen molar-refractivity contribution in [1.29, 1.82) is 0 Å². The lowest BCUT2D eigenvalue weighted by Gasteiger charge is -2.52. The summed E-state index contributed by atoms with van der Waals surface area (Å²) < 4.78 is 55.3. The van der Waals surface area contributed by atoms with Crippen molar-refractivity contribution in [2.45, 2.75) is 95.0 Å². The maximum absolute atomic E-state index is 14.5. The highest BCUT2D eigenvalue weighted by Crippen LogP contribution is 2.53. The average molecular weight is 599 g/mol. The fourth-order valence-electron chi connectivity index (χ4n) is 9.81. The van der Waals surface area contributed by atoms with Crippen LogP contribution in [0.5, 0.6) is 0 Å². The predicted octanol–water partition coefficient (Wildman–Crippen LogP) is 2.35. The zero-order valence-corrected chi connectivity index (χ0v) is 25.1. The van der Waals surface area contributed by atoms with Crippen molar-refractivity contribution in [3.8, 4) is 0 Å². The lowest BCUT2D eigenvalue weighted by Crippen LogP contribution is -2.56. The number of halogens is 3. The molecule has 12 heteroatoms. The fourth-order valence-corrected chi connectivity index (χ4v) is 9.81. The summed E-state index contributed by atoms with van der Waals surface area (Å²) in [6.45, 7) is 6.80. The molecular formula is C30H49F3N6O3. The molecule has 1 amide bonds. The summed E-state index contributed by atoms with van der Waals surface area (Å²) in [7, 11) is 2.10. The Labute approximate surface area is 247 Å². The zero-order valence-electron chi connectivity index (χ0n) is 25.1. The molecule has 7 aliphatic rings. The first-order valence-corrected chi connectivity index (χ1v) is 16.4. The van der Waals surface area contributed by atoms with Gasteiger partial charge >= 0.3 is 6.18 Å². The molecule has 10 atom stereocenters. The van der Waals surface area contributed by atoms with E-state index >= 15 is 0 Å². The first kappa shape index (κ1) is 29.7. The molecule has 0 spiro atoms. The van der Waals surface area contributed by atoms with Gasteiger partial charge in [-0.1, -0.05) is 6.42 Å². The van der Waals surface area contributed by atoms with Crippen LogP contribution in [0.2, 0.25) is 0 Å². The molecule has 7 rings (SSSR count). The van der Waals surface area contributed by atoms with Crippen LogP contribution >= 0.6 is 0 Å². The van der Waals surface area contributed by atoms with E-state index in [0.717, 1.165) is 71.5 Å². The second kappa shape index (κ2) is 11.4. The van der Waals surface area contributed by atoms with Crippen LogP contribution < -0.4 is 16.2 Å². The minimum Gasteiger partial charge on any atom is -0.380 e. The number of alkyl halides is 3. The van der Waals surface area contributed by atoms with E-state index in [-0.39, 0.29) is 60.8 Å². The Hall–Kier alpha value is -1.02. The van der Waals surface area contributed by atoms with E-state index in [1.807, 2.05) is 11.8 Å². The van der Waals surface area contributed by atoms with Gasteiger partial charge in [-0.2, -0.15) is 13.2 Å². The summed E-state index contributed by atoms with van der Waals surface area (Å²) >= 11 is 0. The highest BCUT2D eigenvalue weighted by atomic mass is 19.4. The molecule has 0 aromatic heterocycles. The Morgan fingerprint density at radius 3 is 2.64 bits per heavy atom. The predicted molar refractivity (Wildman–Crippen MR) is 150 cm³/mol. The molecule has 5 aliphatic heterocycles. The number of nitrogens with zero attached hydrogens (tertiary/aromatic N) is 3. The van der Waals surface area contributed by atoms with Crippen LogP contribution in [0.3, 0.4) is 0 Å². The maximum atomic E-state index is 14.5. The fraction of sp³-hybridized carbons (Fsp3) is 0.967. The monoisotopic (exact) mass is 598 g/mol. The van der Waals surface area contributed by atoms with Gasteiger partial charge < -0.3 is 19.3 Å². The Kier molecular flexibility index (Phi) is 8.06. The number of carbonyl (C=O) groups excluding carboxylic acids is 1. The number of rotatable bonds is 6. The Bertz CT molecular complexity index is 1000. The van der Waals surface area contributed by atoms with Gasteiger partial charge in [-0.05, 0) is 76.7 Å². The number of hydrazine groups is 1. The molecule has 2 saturated carbocycles. The number of ether oxygens (including phenoxy) is 2. The molecule has 3 N–H and O–H groups in total. The SMILES string of the molecule is CC1NC2CN(CC3CC4C(=O)N(C5CCCC(C6(CC7NNCN7C)COC6)C5)CC4C(C(F)(F)F)C3)CCC2O1. The smallest absolute Gasteiger partial charge is 0.380 e. The van der Waals surface area contributed by atoms with E-state index < -0.39 is 23.9 Å². The summed E-state index contributed by atoms with van der Waals surface area (Å²) in [6.07, 6.45) is 2.65. The van der Waals surface area contributed by atoms with Gasteiger partial charge in [0.2, 0.25) is 5.91 Å². The molecule has 10 unspecified atom stereocenters. The number of likely N-dealkylation sites (tertiary alicyclic amines) is 2. The minimum atomic E-state index is -4.28. The molecule has 2 aliphatic carbocycles. The molecule has 0 aromatic carbocycles. The van der Waals surface area contributed by atoms with Crippen molar-refractivity contribution in [3.63, 3.8) is 0 Å². The third-order valence-corrected chi connectivity index (χ3v) is 12.1. The molecule has 0 radical (unpaired) electrons. The highest BCUT2D eigenvalue weighted by molar-refractivity contribution is 5.82. The summed E-state index contributed by atoms with van der Waals surface area (Å²) in [5, 5.41) is 3.47. The van der Waals surface area contributed by atoms with Gasteiger partial charge in [0.25, 0.3) is 0 Å². The van der Waals surface area contributed by atoms with Crippen molar-refractivity contribution in [1.82, 2.24) is 30.9 Å². The van der Waals surface area contributed by atoms with Gasteiger partial charge in [0.15, 0.2) is 0 Å². The molecule has 0 aromatic rings. The molecular weight excluding hydrogens is 549 g/mol. The number of piperidine rings is 1. The summed E-state index contributed by atoms with van der Waals surface area (Å²) in [6, 6.07) is 0.269. The van der Waals surface area contributed by atoms with Crippen LogP contribution in [0.1, 0.15) is 58.3 Å². The molecule has 0 bridgehead atoms. The highest BCUT2D eigenvalue weighted by Gasteiger charge is 2.58. The van der Waals surface area contributed by atoms with E-state index in [2.05, 4.69) is 33.0 Å². The second-order valence-electron chi connectivity index (χ2n) is 14.7. The first-order chi connectivity index (χ1) is 20.1. The topological polar surface area (TPSA) is 81.3 Å². The van der Waals surface area contributed by atoms with Gasteiger partial charge in [0, 0.05) is 49.6 Å². The Morgan fingerprint density at radius 1 is 1.10 bits per heavy atom. The van der Waals surface area contributed by atoms with Crippen molar-refractivity contribution in [2.75, 3.05) is 53.1 Å². The number of nitrogens with one attached hydrogen (secondary N) is 3. The third kappa shape index (κ3) is 5.51. The van der Waals surface area contributed by atoms with Crippen molar-refractivity contribution in [3.05, 3.63) is 0 Å². The first-order valence-electron chi connectivity index (χ1n) is 16.4. The van der Waals surface area contributed by atoms with E-state index in [4.69, 9.17) is 9.47 Å². The summed E-state index contributed by atoms with van der Waals surface area (Å²) in [4.78, 5) is 20.4. The lowest BCUT2D eigenvalue weighted by atomic mass is 9.64. The standard InChI is InChI=1S/C30H49F3N6O3/c1-18-35-25-14-38(7-6-26(25)42-18)12-19-8-22-23(24(9-19)30(31,32)33)13-39(28(22)40)21-5-3-4-20(10-21)29(15-41-16-29)11-27-36-34-17-37(27)2/h18-27,34-36H,3-17H2,1-2H3. The van der Waals surface area contributed by atoms with Gasteiger partial charge in [0.1, 0.15) is 6.23 Å². The van der Waals surface area contributed by atoms with E-state index in [0.29, 0.717) is 18.9 Å². The molecule has 5 saturated heterocycles. The second-order valence-corrected chi connectivity index (χ2v) is 14.7. The van der Waals surface area contributed by atoms with Crippen LogP contribution in [0.15, 0.2) is 0 Å². The van der Waals surface area contributed by atoms with Crippen LogP contribution in [-0.2, 0) is 14.3 Å². The van der Waals surface area contributed by atoms with Crippen molar-refractivity contribution >= 4 is 5.91 Å². The van der Waals surface area contributed by atoms with Crippen LogP contribution in [0.4, 0.5) is 13.2 Å².